The molecule has 0 aliphatic carbocycles. The van der Waals surface area contributed by atoms with E-state index in [0.717, 1.165) is 0 Å². The molecule has 12 nitrogen and oxygen atoms in total. The Balaban J connectivity index is 1.75. The Kier molecular flexibility index (Phi) is 7.23. The number of nitrogens with zero attached hydrogens (tertiary/aromatic N) is 1. The first kappa shape index (κ1) is 22.9. The van der Waals surface area contributed by atoms with Gasteiger partial charge >= 0.3 is 0 Å². The average Bonchev–Trinajstić information content (AvgIpc) is 3.08. The number of aliphatic hydroxyl groups is 8. The molecule has 0 bridgehead atoms. The molecule has 0 aromatic rings. The van der Waals surface area contributed by atoms with Gasteiger partial charge in [0.15, 0.2) is 6.29 Å². The number of ether oxygens (including phenoxy) is 3. The van der Waals surface area contributed by atoms with E-state index in [1.54, 1.807) is 0 Å². The lowest BCUT2D eigenvalue weighted by atomic mass is 9.82. The molecule has 2 fully saturated rings. The number of aliphatic hydroxyl groups excluding tert-OH is 8. The molecule has 3 aliphatic heterocycles. The highest BCUT2D eigenvalue weighted by molar-refractivity contribution is 5.66. The van der Waals surface area contributed by atoms with Crippen LogP contribution in [0.25, 0.3) is 0 Å². The van der Waals surface area contributed by atoms with Crippen molar-refractivity contribution in [3.05, 3.63) is 0 Å². The Morgan fingerprint density at radius 2 is 1.55 bits per heavy atom. The van der Waals surface area contributed by atoms with Gasteiger partial charge in [-0.25, -0.2) is 0 Å². The van der Waals surface area contributed by atoms with Crippen molar-refractivity contribution in [3.8, 4) is 0 Å². The molecular weight excluding hydrogens is 394 g/mol. The highest BCUT2D eigenvalue weighted by atomic mass is 16.7. The maximum Gasteiger partial charge on any atom is 0.187 e. The Morgan fingerprint density at radius 1 is 0.862 bits per heavy atom. The molecule has 3 aliphatic rings. The Hall–Kier alpha value is -0.770. The molecule has 29 heavy (non-hydrogen) atoms. The van der Waals surface area contributed by atoms with E-state index in [4.69, 9.17) is 14.2 Å². The van der Waals surface area contributed by atoms with Crippen molar-refractivity contribution in [2.45, 2.75) is 80.3 Å². The first-order valence-electron chi connectivity index (χ1n) is 9.51. The molecule has 8 N–H and O–H groups in total. The molecule has 13 atom stereocenters. The third-order valence-electron chi connectivity index (χ3n) is 5.84. The molecule has 12 heteroatoms. The molecule has 3 heterocycles. The maximum atomic E-state index is 10.6. The van der Waals surface area contributed by atoms with Crippen LogP contribution in [0, 0.1) is 5.92 Å². The fourth-order valence-electron chi connectivity index (χ4n) is 4.09. The van der Waals surface area contributed by atoms with Gasteiger partial charge in [-0.3, -0.25) is 4.99 Å². The highest BCUT2D eigenvalue weighted by Gasteiger charge is 2.53. The lowest BCUT2D eigenvalue weighted by Crippen LogP contribution is -2.65. The van der Waals surface area contributed by atoms with Crippen molar-refractivity contribution < 1.29 is 55.1 Å². The van der Waals surface area contributed by atoms with Crippen LogP contribution in [0.5, 0.6) is 0 Å². The summed E-state index contributed by atoms with van der Waals surface area (Å²) in [6.07, 6.45) is -13.7. The molecule has 0 aromatic heterocycles. The predicted octanol–water partition coefficient (Wildman–Crippen LogP) is -4.90. The molecule has 0 radical (unpaired) electrons. The van der Waals surface area contributed by atoms with Crippen LogP contribution in [0.15, 0.2) is 4.99 Å². The Morgan fingerprint density at radius 3 is 2.17 bits per heavy atom. The van der Waals surface area contributed by atoms with Crippen molar-refractivity contribution in [1.82, 2.24) is 0 Å². The van der Waals surface area contributed by atoms with Crippen LogP contribution in [0.1, 0.15) is 6.92 Å². The summed E-state index contributed by atoms with van der Waals surface area (Å²) in [6, 6.07) is -0.755. The van der Waals surface area contributed by atoms with Gasteiger partial charge in [0.05, 0.1) is 37.6 Å². The van der Waals surface area contributed by atoms with Crippen molar-refractivity contribution in [3.63, 3.8) is 0 Å². The monoisotopic (exact) mass is 423 g/mol. The first-order valence-corrected chi connectivity index (χ1v) is 9.51. The van der Waals surface area contributed by atoms with E-state index in [1.165, 1.54) is 13.1 Å². The summed E-state index contributed by atoms with van der Waals surface area (Å²) in [7, 11) is 0. The summed E-state index contributed by atoms with van der Waals surface area (Å²) in [5, 5.41) is 80.3. The molecular formula is C17H29NO11. The lowest BCUT2D eigenvalue weighted by molar-refractivity contribution is -0.340. The van der Waals surface area contributed by atoms with E-state index in [0.29, 0.717) is 0 Å². The van der Waals surface area contributed by atoms with Gasteiger partial charge in [0.25, 0.3) is 0 Å². The lowest BCUT2D eigenvalue weighted by Gasteiger charge is -2.47. The molecule has 3 rings (SSSR count). The first-order chi connectivity index (χ1) is 13.7. The molecule has 168 valence electrons. The zero-order chi connectivity index (χ0) is 21.5. The van der Waals surface area contributed by atoms with Gasteiger partial charge in [0, 0.05) is 12.1 Å². The summed E-state index contributed by atoms with van der Waals surface area (Å²) < 4.78 is 16.5. The van der Waals surface area contributed by atoms with Crippen LogP contribution in [0.4, 0.5) is 0 Å². The minimum Gasteiger partial charge on any atom is -0.394 e. The Bertz CT molecular complexity index is 578. The van der Waals surface area contributed by atoms with Crippen molar-refractivity contribution in [2.75, 3.05) is 13.2 Å². The third-order valence-corrected chi connectivity index (χ3v) is 5.84. The van der Waals surface area contributed by atoms with Gasteiger partial charge in [-0.15, -0.1) is 0 Å². The number of hydrogen-bond donors (Lipinski definition) is 8. The minimum atomic E-state index is -1.65. The van der Waals surface area contributed by atoms with Crippen LogP contribution < -0.4 is 0 Å². The summed E-state index contributed by atoms with van der Waals surface area (Å²) in [5.41, 5.74) is 0. The van der Waals surface area contributed by atoms with Crippen LogP contribution in [0.3, 0.4) is 0 Å². The summed E-state index contributed by atoms with van der Waals surface area (Å²) in [5.74, 6) is -0.854. The van der Waals surface area contributed by atoms with Gasteiger partial charge in [-0.2, -0.15) is 0 Å². The van der Waals surface area contributed by atoms with Gasteiger partial charge in [-0.05, 0) is 6.92 Å². The number of aliphatic imine (C=N–C) groups is 1. The quantitative estimate of drug-likeness (QED) is 0.211. The largest absolute Gasteiger partial charge is 0.394 e. The average molecular weight is 423 g/mol. The molecule has 0 amide bonds. The van der Waals surface area contributed by atoms with E-state index >= 15 is 0 Å². The highest BCUT2D eigenvalue weighted by Crippen LogP contribution is 2.35. The van der Waals surface area contributed by atoms with E-state index in [-0.39, 0.29) is 0 Å². The number of hydrogen-bond acceptors (Lipinski definition) is 12. The fraction of sp³-hybridized carbons (Fsp3) is 0.941. The second-order valence-electron chi connectivity index (χ2n) is 7.70. The van der Waals surface area contributed by atoms with E-state index in [9.17, 15) is 40.9 Å². The van der Waals surface area contributed by atoms with Gasteiger partial charge < -0.3 is 55.1 Å². The summed E-state index contributed by atoms with van der Waals surface area (Å²) in [6.45, 7) is 0.404. The van der Waals surface area contributed by atoms with E-state index in [2.05, 4.69) is 4.99 Å². The van der Waals surface area contributed by atoms with Crippen LogP contribution >= 0.6 is 0 Å². The van der Waals surface area contributed by atoms with Crippen molar-refractivity contribution >= 4 is 6.21 Å². The van der Waals surface area contributed by atoms with Crippen molar-refractivity contribution in [2.24, 2.45) is 10.9 Å². The minimum absolute atomic E-state index is 0.412. The summed E-state index contributed by atoms with van der Waals surface area (Å²) >= 11 is 0. The Labute approximate surface area is 166 Å². The fourth-order valence-corrected chi connectivity index (χ4v) is 4.09. The van der Waals surface area contributed by atoms with Gasteiger partial charge in [0.2, 0.25) is 0 Å². The second-order valence-corrected chi connectivity index (χ2v) is 7.70. The molecule has 2 saturated heterocycles. The van der Waals surface area contributed by atoms with Crippen LogP contribution in [-0.4, -0.2) is 134 Å². The maximum absolute atomic E-state index is 10.6. The molecule has 0 saturated carbocycles. The topological polar surface area (TPSA) is 202 Å². The van der Waals surface area contributed by atoms with Gasteiger partial charge in [0.1, 0.15) is 42.7 Å². The molecule has 1 unspecified atom stereocenters. The van der Waals surface area contributed by atoms with E-state index in [1.807, 2.05) is 0 Å². The summed E-state index contributed by atoms with van der Waals surface area (Å²) in [4.78, 5) is 3.95. The zero-order valence-electron chi connectivity index (χ0n) is 15.7. The van der Waals surface area contributed by atoms with Gasteiger partial charge in [-0.1, -0.05) is 0 Å². The second kappa shape index (κ2) is 9.16. The van der Waals surface area contributed by atoms with Crippen molar-refractivity contribution in [1.29, 1.82) is 0 Å². The molecule has 0 spiro atoms. The third kappa shape index (κ3) is 4.20. The smallest absolute Gasteiger partial charge is 0.187 e. The van der Waals surface area contributed by atoms with Crippen LogP contribution in [-0.2, 0) is 14.2 Å². The van der Waals surface area contributed by atoms with E-state index < -0.39 is 92.5 Å². The SMILES string of the molecule is C[C@H]1O[C@@H](O[C@H]2[C@H](O)[C@@H](O)[C@@H](C3[C@H](O)C=N[C@@H]3CO)O[C@@H]2CO)[C@H](O)[C@@H](O)[C@@H]1O. The van der Waals surface area contributed by atoms with Crippen LogP contribution in [0.2, 0.25) is 0 Å². The predicted molar refractivity (Wildman–Crippen MR) is 93.9 cm³/mol. The zero-order valence-corrected chi connectivity index (χ0v) is 15.7. The standard InChI is InChI=1S/C17H29NO11/c1-5-10(22)11(23)14(26)17(27-5)29-15-8(4-20)28-16(13(25)12(15)24)9-6(3-19)18-2-7(9)21/h2,5-17,19-26H,3-4H2,1H3/t5-,6-,7-,8-,9?,10-,11+,12-,13-,14-,15-,16-,17+/m1/s1. The molecule has 0 aromatic carbocycles. The normalized spacial score (nSPS) is 53.3. The number of rotatable bonds is 5.